The van der Waals surface area contributed by atoms with Crippen molar-refractivity contribution in [3.05, 3.63) is 30.3 Å². The second-order valence-electron chi connectivity index (χ2n) is 1.54. The second-order valence-corrected chi connectivity index (χ2v) is 1.54. The summed E-state index contributed by atoms with van der Waals surface area (Å²) in [6, 6.07) is 9.06. The minimum atomic E-state index is 0. The van der Waals surface area contributed by atoms with Gasteiger partial charge in [-0.05, 0) is 12.1 Å². The van der Waals surface area contributed by atoms with E-state index in [0.29, 0.717) is 13.4 Å². The first-order valence-electron chi connectivity index (χ1n) is 2.61. The van der Waals surface area contributed by atoms with Gasteiger partial charge in [0.2, 0.25) is 0 Å². The molecule has 49 valence electrons. The number of para-hydroxylation sites is 1. The SMILES string of the molecule is O[B]Oc1ccccc1.[Ca+2].[H-].[H-]. The summed E-state index contributed by atoms with van der Waals surface area (Å²) in [5.41, 5.74) is 0. The molecule has 1 rings (SSSR count). The van der Waals surface area contributed by atoms with Crippen molar-refractivity contribution in [1.82, 2.24) is 0 Å². The minimum absolute atomic E-state index is 0. The van der Waals surface area contributed by atoms with Crippen molar-refractivity contribution < 1.29 is 12.5 Å². The van der Waals surface area contributed by atoms with Crippen LogP contribution in [0.4, 0.5) is 0 Å². The summed E-state index contributed by atoms with van der Waals surface area (Å²) in [5, 5.41) is 8.17. The summed E-state index contributed by atoms with van der Waals surface area (Å²) in [4.78, 5) is 0. The van der Waals surface area contributed by atoms with Gasteiger partial charge in [0.25, 0.3) is 0 Å². The molecule has 10 heavy (non-hydrogen) atoms. The molecule has 0 aromatic heterocycles. The Labute approximate surface area is 93.5 Å². The van der Waals surface area contributed by atoms with Gasteiger partial charge >= 0.3 is 45.4 Å². The van der Waals surface area contributed by atoms with Gasteiger partial charge < -0.3 is 12.5 Å². The van der Waals surface area contributed by atoms with E-state index in [1.165, 1.54) is 0 Å². The van der Waals surface area contributed by atoms with E-state index >= 15 is 0 Å². The van der Waals surface area contributed by atoms with Crippen LogP contribution in [0.3, 0.4) is 0 Å². The Morgan fingerprint density at radius 3 is 2.40 bits per heavy atom. The van der Waals surface area contributed by atoms with E-state index in [1.54, 1.807) is 12.1 Å². The van der Waals surface area contributed by atoms with Gasteiger partial charge in [0, 0.05) is 0 Å². The van der Waals surface area contributed by atoms with Crippen molar-refractivity contribution in [1.29, 1.82) is 0 Å². The standard InChI is InChI=1S/C6H6BO2.Ca.2H/c8-7-9-6-4-2-1-3-5-6;;;/h1-5,8H;;;/q;+2;2*-1. The molecule has 0 amide bonds. The molecule has 1 aromatic rings. The van der Waals surface area contributed by atoms with E-state index in [0.717, 1.165) is 0 Å². The summed E-state index contributed by atoms with van der Waals surface area (Å²) >= 11 is 0. The smallest absolute Gasteiger partial charge is 1.00 e. The van der Waals surface area contributed by atoms with Crippen LogP contribution in [0.15, 0.2) is 30.3 Å². The first-order chi connectivity index (χ1) is 4.43. The van der Waals surface area contributed by atoms with Gasteiger partial charge in [0.1, 0.15) is 0 Å². The number of benzene rings is 1. The van der Waals surface area contributed by atoms with Crippen LogP contribution in [0, 0.1) is 0 Å². The molecule has 0 fully saturated rings. The van der Waals surface area contributed by atoms with Gasteiger partial charge in [-0.3, -0.25) is 0 Å². The van der Waals surface area contributed by atoms with Crippen LogP contribution >= 0.6 is 0 Å². The Hall–Kier alpha value is 0.305. The van der Waals surface area contributed by atoms with E-state index in [-0.39, 0.29) is 40.6 Å². The van der Waals surface area contributed by atoms with E-state index in [4.69, 9.17) is 5.02 Å². The summed E-state index contributed by atoms with van der Waals surface area (Å²) in [6.45, 7) is 0. The third kappa shape index (κ3) is 3.47. The quantitative estimate of drug-likeness (QED) is 0.641. The van der Waals surface area contributed by atoms with Crippen LogP contribution in [-0.4, -0.2) is 50.4 Å². The average molecular weight is 163 g/mol. The van der Waals surface area contributed by atoms with Gasteiger partial charge in [0.15, 0.2) is 0 Å². The molecule has 0 spiro atoms. The van der Waals surface area contributed by atoms with Crippen LogP contribution in [0.5, 0.6) is 5.75 Å². The molecule has 0 saturated carbocycles. The molecule has 0 bridgehead atoms. The van der Waals surface area contributed by atoms with Crippen LogP contribution in [-0.2, 0) is 0 Å². The van der Waals surface area contributed by atoms with Crippen molar-refractivity contribution in [3.63, 3.8) is 0 Å². The van der Waals surface area contributed by atoms with E-state index in [1.807, 2.05) is 18.2 Å². The van der Waals surface area contributed by atoms with Gasteiger partial charge in [-0.1, -0.05) is 18.2 Å². The maximum absolute atomic E-state index is 8.17. The van der Waals surface area contributed by atoms with Crippen LogP contribution in [0.25, 0.3) is 0 Å². The molecule has 0 aliphatic rings. The zero-order valence-corrected chi connectivity index (χ0v) is 7.74. The van der Waals surface area contributed by atoms with Crippen molar-refractivity contribution in [2.24, 2.45) is 0 Å². The molecule has 0 saturated heterocycles. The Balaban J connectivity index is -0.000000270. The zero-order valence-electron chi connectivity index (χ0n) is 7.53. The predicted octanol–water partition coefficient (Wildman–Crippen LogP) is 0.436. The van der Waals surface area contributed by atoms with Crippen LogP contribution in [0.2, 0.25) is 0 Å². The van der Waals surface area contributed by atoms with Gasteiger partial charge in [0.05, 0.1) is 5.75 Å². The summed E-state index contributed by atoms with van der Waals surface area (Å²) in [7, 11) is 0.662. The molecular weight excluding hydrogens is 155 g/mol. The van der Waals surface area contributed by atoms with E-state index in [9.17, 15) is 0 Å². The van der Waals surface area contributed by atoms with Gasteiger partial charge in [-0.15, -0.1) is 0 Å². The van der Waals surface area contributed by atoms with Crippen molar-refractivity contribution >= 4 is 45.4 Å². The number of rotatable bonds is 2. The Morgan fingerprint density at radius 2 is 1.90 bits per heavy atom. The van der Waals surface area contributed by atoms with Gasteiger partial charge in [-0.25, -0.2) is 0 Å². The normalized spacial score (nSPS) is 7.70. The maximum Gasteiger partial charge on any atom is 2.00 e. The Kier molecular flexibility index (Phi) is 6.23. The average Bonchev–Trinajstić information content (AvgIpc) is 1.91. The third-order valence-electron chi connectivity index (χ3n) is 0.932. The van der Waals surface area contributed by atoms with Crippen LogP contribution in [0.1, 0.15) is 2.85 Å². The summed E-state index contributed by atoms with van der Waals surface area (Å²) < 4.78 is 4.64. The molecule has 1 N–H and O–H groups in total. The van der Waals surface area contributed by atoms with Crippen molar-refractivity contribution in [2.75, 3.05) is 0 Å². The first kappa shape index (κ1) is 10.3. The molecule has 0 unspecified atom stereocenters. The molecule has 2 nitrogen and oxygen atoms in total. The molecule has 0 aliphatic carbocycles. The third-order valence-corrected chi connectivity index (χ3v) is 0.932. The van der Waals surface area contributed by atoms with Gasteiger partial charge in [-0.2, -0.15) is 0 Å². The zero-order chi connectivity index (χ0) is 6.53. The molecule has 0 aliphatic heterocycles. The fourth-order valence-electron chi connectivity index (χ4n) is 0.560. The molecular formula is C6H8BCaO2. The van der Waals surface area contributed by atoms with Crippen molar-refractivity contribution in [2.45, 2.75) is 0 Å². The fourth-order valence-corrected chi connectivity index (χ4v) is 0.560. The summed E-state index contributed by atoms with van der Waals surface area (Å²) in [6.07, 6.45) is 0. The molecule has 0 heterocycles. The summed E-state index contributed by atoms with van der Waals surface area (Å²) in [5.74, 6) is 0.639. The molecule has 1 aromatic carbocycles. The maximum atomic E-state index is 8.17. The van der Waals surface area contributed by atoms with E-state index in [2.05, 4.69) is 4.65 Å². The topological polar surface area (TPSA) is 29.5 Å². The Morgan fingerprint density at radius 1 is 1.30 bits per heavy atom. The largest absolute Gasteiger partial charge is 2.00 e. The Bertz CT molecular complexity index is 176. The van der Waals surface area contributed by atoms with Crippen molar-refractivity contribution in [3.8, 4) is 5.75 Å². The molecule has 0 atom stereocenters. The second kappa shape index (κ2) is 6.04. The van der Waals surface area contributed by atoms with Crippen LogP contribution < -0.4 is 4.65 Å². The fraction of sp³-hybridized carbons (Fsp3) is 0. The minimum Gasteiger partial charge on any atom is -1.00 e. The first-order valence-corrected chi connectivity index (χ1v) is 2.61. The molecule has 1 radical (unpaired) electrons. The monoisotopic (exact) mass is 163 g/mol. The predicted molar refractivity (Wildman–Crippen MR) is 43.0 cm³/mol. The van der Waals surface area contributed by atoms with E-state index < -0.39 is 0 Å². The number of hydrogen-bond donors (Lipinski definition) is 1. The number of hydrogen-bond acceptors (Lipinski definition) is 2. The molecule has 4 heteroatoms.